The van der Waals surface area contributed by atoms with Gasteiger partial charge in [-0.15, -0.1) is 0 Å². The molecule has 0 aliphatic carbocycles. The summed E-state index contributed by atoms with van der Waals surface area (Å²) in [6, 6.07) is 0. The van der Waals surface area contributed by atoms with E-state index < -0.39 is 0 Å². The van der Waals surface area contributed by atoms with Crippen molar-refractivity contribution in [2.75, 3.05) is 0 Å². The van der Waals surface area contributed by atoms with Gasteiger partial charge in [0, 0.05) is 0 Å². The number of hydrogen-bond donors (Lipinski definition) is 3. The zero-order valence-electron chi connectivity index (χ0n) is 5.05. The first-order chi connectivity index (χ1) is 4.74. The van der Waals surface area contributed by atoms with E-state index in [9.17, 15) is 0 Å². The third-order valence-corrected chi connectivity index (χ3v) is 0.953. The van der Waals surface area contributed by atoms with E-state index in [1.165, 1.54) is 6.21 Å². The largest absolute Gasteiger partial charge is 0.382 e. The van der Waals surface area contributed by atoms with E-state index in [1.54, 1.807) is 0 Å². The Kier molecular flexibility index (Phi) is 1.43. The van der Waals surface area contributed by atoms with Crippen molar-refractivity contribution in [3.63, 3.8) is 0 Å². The second-order valence-corrected chi connectivity index (χ2v) is 1.62. The smallest absolute Gasteiger partial charge is 0.243 e. The van der Waals surface area contributed by atoms with E-state index >= 15 is 0 Å². The number of aliphatic imine (C=N–C) groups is 2. The SMILES string of the molecule is N=C=C1C=NC(=N)N=C1N. The molecule has 10 heavy (non-hydrogen) atoms. The van der Waals surface area contributed by atoms with Gasteiger partial charge in [-0.05, 0) is 5.87 Å². The topological polar surface area (TPSA) is 98.4 Å². The molecule has 0 amide bonds. The van der Waals surface area contributed by atoms with Gasteiger partial charge >= 0.3 is 0 Å². The normalized spacial score (nSPS) is 16.6. The zero-order chi connectivity index (χ0) is 7.56. The van der Waals surface area contributed by atoms with Crippen LogP contribution in [0.2, 0.25) is 0 Å². The molecule has 0 unspecified atom stereocenters. The number of rotatable bonds is 0. The van der Waals surface area contributed by atoms with Crippen LogP contribution in [0.25, 0.3) is 0 Å². The quantitative estimate of drug-likeness (QED) is 0.385. The number of nitrogens with zero attached hydrogens (tertiary/aromatic N) is 2. The van der Waals surface area contributed by atoms with Crippen LogP contribution >= 0.6 is 0 Å². The minimum atomic E-state index is -0.142. The fourth-order valence-corrected chi connectivity index (χ4v) is 0.491. The molecule has 1 rings (SSSR count). The zero-order valence-corrected chi connectivity index (χ0v) is 5.05. The maximum atomic E-state index is 6.92. The van der Waals surface area contributed by atoms with Gasteiger partial charge in [0.1, 0.15) is 5.84 Å². The molecule has 5 nitrogen and oxygen atoms in total. The Hall–Kier alpha value is -1.74. The van der Waals surface area contributed by atoms with Crippen molar-refractivity contribution in [3.8, 4) is 0 Å². The molecular weight excluding hydrogens is 130 g/mol. The third-order valence-electron chi connectivity index (χ3n) is 0.953. The lowest BCUT2D eigenvalue weighted by Gasteiger charge is -2.00. The summed E-state index contributed by atoms with van der Waals surface area (Å²) < 4.78 is 0. The molecular formula is C5H5N5. The van der Waals surface area contributed by atoms with Crippen molar-refractivity contribution in [2.45, 2.75) is 0 Å². The van der Waals surface area contributed by atoms with Gasteiger partial charge in [-0.2, -0.15) is 4.99 Å². The van der Waals surface area contributed by atoms with Crippen molar-refractivity contribution in [1.82, 2.24) is 0 Å². The summed E-state index contributed by atoms with van der Waals surface area (Å²) in [5, 5.41) is 13.6. The molecule has 0 atom stereocenters. The number of amidine groups is 1. The summed E-state index contributed by atoms with van der Waals surface area (Å²) in [5.41, 5.74) is 5.59. The Morgan fingerprint density at radius 2 is 2.30 bits per heavy atom. The highest BCUT2D eigenvalue weighted by atomic mass is 15.1. The van der Waals surface area contributed by atoms with Crippen molar-refractivity contribution < 1.29 is 0 Å². The Morgan fingerprint density at radius 1 is 1.60 bits per heavy atom. The maximum absolute atomic E-state index is 6.92. The molecule has 1 aliphatic rings. The fraction of sp³-hybridized carbons (Fsp3) is 0. The lowest BCUT2D eigenvalue weighted by Crippen LogP contribution is -2.21. The number of nitrogens with one attached hydrogen (secondary N) is 2. The van der Waals surface area contributed by atoms with Crippen molar-refractivity contribution in [2.24, 2.45) is 15.7 Å². The Morgan fingerprint density at radius 3 is 2.80 bits per heavy atom. The molecule has 1 aliphatic heterocycles. The summed E-state index contributed by atoms with van der Waals surface area (Å²) in [7, 11) is 0. The lowest BCUT2D eigenvalue weighted by atomic mass is 10.3. The minimum Gasteiger partial charge on any atom is -0.382 e. The highest BCUT2D eigenvalue weighted by Crippen LogP contribution is 1.93. The lowest BCUT2D eigenvalue weighted by molar-refractivity contribution is 1.35. The summed E-state index contributed by atoms with van der Waals surface area (Å²) in [6.07, 6.45) is 1.29. The average molecular weight is 135 g/mol. The van der Waals surface area contributed by atoms with Crippen LogP contribution in [0.1, 0.15) is 0 Å². The predicted molar refractivity (Wildman–Crippen MR) is 39.1 cm³/mol. The van der Waals surface area contributed by atoms with Crippen LogP contribution in [-0.2, 0) is 0 Å². The van der Waals surface area contributed by atoms with Crippen molar-refractivity contribution >= 4 is 23.9 Å². The van der Waals surface area contributed by atoms with E-state index in [2.05, 4.69) is 9.98 Å². The Balaban J connectivity index is 3.08. The molecule has 0 aromatic rings. The van der Waals surface area contributed by atoms with Gasteiger partial charge in [0.25, 0.3) is 0 Å². The van der Waals surface area contributed by atoms with Gasteiger partial charge in [-0.25, -0.2) is 4.99 Å². The van der Waals surface area contributed by atoms with Gasteiger partial charge in [-0.3, -0.25) is 10.8 Å². The van der Waals surface area contributed by atoms with Gasteiger partial charge in [0.15, 0.2) is 0 Å². The van der Waals surface area contributed by atoms with Crippen LogP contribution in [0.15, 0.2) is 15.6 Å². The Labute approximate surface area is 57.0 Å². The second-order valence-electron chi connectivity index (χ2n) is 1.62. The molecule has 0 aromatic carbocycles. The second kappa shape index (κ2) is 2.24. The standard InChI is InChI=1S/C5H5N5/c6-1-3-2-9-5(8)10-4(3)7/h2,6H,(H3,7,8,10). The number of guanidine groups is 1. The van der Waals surface area contributed by atoms with Gasteiger partial charge in [-0.1, -0.05) is 0 Å². The molecule has 0 bridgehead atoms. The summed E-state index contributed by atoms with van der Waals surface area (Å²) in [5.74, 6) is 2.02. The van der Waals surface area contributed by atoms with Crippen LogP contribution in [0, 0.1) is 10.8 Å². The van der Waals surface area contributed by atoms with E-state index in [1.807, 2.05) is 5.87 Å². The van der Waals surface area contributed by atoms with Crippen LogP contribution in [-0.4, -0.2) is 23.9 Å². The van der Waals surface area contributed by atoms with Crippen LogP contribution in [0.5, 0.6) is 0 Å². The molecule has 0 saturated carbocycles. The Bertz CT molecular complexity index is 278. The average Bonchev–Trinajstić information content (AvgIpc) is 1.88. The van der Waals surface area contributed by atoms with E-state index in [0.717, 1.165) is 0 Å². The summed E-state index contributed by atoms with van der Waals surface area (Å²) in [4.78, 5) is 7.00. The molecule has 50 valence electrons. The maximum Gasteiger partial charge on any atom is 0.243 e. The van der Waals surface area contributed by atoms with Gasteiger partial charge in [0.05, 0.1) is 11.8 Å². The van der Waals surface area contributed by atoms with Gasteiger partial charge in [0.2, 0.25) is 5.96 Å². The molecule has 4 N–H and O–H groups in total. The first kappa shape index (κ1) is 6.38. The molecule has 0 radical (unpaired) electrons. The van der Waals surface area contributed by atoms with Crippen molar-refractivity contribution in [3.05, 3.63) is 5.57 Å². The van der Waals surface area contributed by atoms with Crippen LogP contribution in [0.3, 0.4) is 0 Å². The van der Waals surface area contributed by atoms with E-state index in [-0.39, 0.29) is 11.8 Å². The fourth-order valence-electron chi connectivity index (χ4n) is 0.491. The predicted octanol–water partition coefficient (Wildman–Crippen LogP) is -0.462. The first-order valence-electron chi connectivity index (χ1n) is 2.51. The number of nitrogens with two attached hydrogens (primary N) is 1. The monoisotopic (exact) mass is 135 g/mol. The molecule has 5 heteroatoms. The highest BCUT2D eigenvalue weighted by Gasteiger charge is 2.05. The molecule has 1 heterocycles. The van der Waals surface area contributed by atoms with Crippen molar-refractivity contribution in [1.29, 1.82) is 10.8 Å². The summed E-state index contributed by atoms with van der Waals surface area (Å²) >= 11 is 0. The summed E-state index contributed by atoms with van der Waals surface area (Å²) in [6.45, 7) is 0. The molecule has 0 saturated heterocycles. The molecule has 0 aromatic heterocycles. The van der Waals surface area contributed by atoms with Gasteiger partial charge < -0.3 is 5.73 Å². The molecule has 0 fully saturated rings. The van der Waals surface area contributed by atoms with Crippen LogP contribution in [0.4, 0.5) is 0 Å². The highest BCUT2D eigenvalue weighted by molar-refractivity contribution is 6.26. The molecule has 0 spiro atoms. The third kappa shape index (κ3) is 0.985. The van der Waals surface area contributed by atoms with Crippen LogP contribution < -0.4 is 5.73 Å². The number of hydrogen-bond acceptors (Lipinski definition) is 3. The minimum absolute atomic E-state index is 0.120. The first-order valence-corrected chi connectivity index (χ1v) is 2.51. The van der Waals surface area contributed by atoms with E-state index in [0.29, 0.717) is 5.57 Å². The van der Waals surface area contributed by atoms with E-state index in [4.69, 9.17) is 16.6 Å².